The summed E-state index contributed by atoms with van der Waals surface area (Å²) >= 11 is 0. The molecule has 2 rings (SSSR count). The Hall–Kier alpha value is -1.69. The maximum Gasteiger partial charge on any atom is 0.338 e. The van der Waals surface area contributed by atoms with E-state index in [2.05, 4.69) is 5.32 Å². The van der Waals surface area contributed by atoms with Gasteiger partial charge in [0, 0.05) is 13.2 Å². The lowest BCUT2D eigenvalue weighted by Gasteiger charge is -2.16. The van der Waals surface area contributed by atoms with Crippen LogP contribution in [0.4, 0.5) is 14.5 Å². The summed E-state index contributed by atoms with van der Waals surface area (Å²) in [6.45, 7) is 0.507. The molecule has 6 heteroatoms. The van der Waals surface area contributed by atoms with E-state index < -0.39 is 23.2 Å². The summed E-state index contributed by atoms with van der Waals surface area (Å²) in [7, 11) is 0. The first kappa shape index (κ1) is 13.7. The third kappa shape index (κ3) is 2.84. The summed E-state index contributed by atoms with van der Waals surface area (Å²) in [4.78, 5) is 10.6. The minimum Gasteiger partial charge on any atom is -0.478 e. The van der Waals surface area contributed by atoms with E-state index in [4.69, 9.17) is 10.2 Å². The second-order valence-electron chi connectivity index (χ2n) is 4.92. The summed E-state index contributed by atoms with van der Waals surface area (Å²) in [5.74, 6) is -4.04. The van der Waals surface area contributed by atoms with Gasteiger partial charge in [-0.3, -0.25) is 0 Å². The molecule has 0 bridgehead atoms. The number of nitrogens with one attached hydrogen (secondary N) is 1. The molecule has 3 N–H and O–H groups in total. The second kappa shape index (κ2) is 5.13. The number of benzene rings is 1. The molecule has 0 heterocycles. The average Bonchev–Trinajstić information content (AvgIpc) is 3.11. The normalized spacial score (nSPS) is 16.2. The zero-order valence-corrected chi connectivity index (χ0v) is 10.2. The van der Waals surface area contributed by atoms with E-state index in [-0.39, 0.29) is 17.7 Å². The van der Waals surface area contributed by atoms with Crippen molar-refractivity contribution in [2.45, 2.75) is 19.3 Å². The summed E-state index contributed by atoms with van der Waals surface area (Å²) in [6.07, 6.45) is 2.51. The van der Waals surface area contributed by atoms with Crippen LogP contribution in [0.1, 0.15) is 29.6 Å². The average molecular weight is 271 g/mol. The van der Waals surface area contributed by atoms with Crippen molar-refractivity contribution in [3.05, 3.63) is 29.3 Å². The van der Waals surface area contributed by atoms with Crippen LogP contribution in [0.15, 0.2) is 12.1 Å². The minimum atomic E-state index is -1.50. The number of carboxylic acid groups (broad SMARTS) is 1. The van der Waals surface area contributed by atoms with Crippen LogP contribution in [-0.2, 0) is 0 Å². The van der Waals surface area contributed by atoms with Crippen LogP contribution in [0.5, 0.6) is 0 Å². The summed E-state index contributed by atoms with van der Waals surface area (Å²) < 4.78 is 27.1. The third-order valence-corrected chi connectivity index (χ3v) is 3.57. The van der Waals surface area contributed by atoms with Gasteiger partial charge in [-0.25, -0.2) is 13.6 Å². The summed E-state index contributed by atoms with van der Waals surface area (Å²) in [5.41, 5.74) is -0.769. The van der Waals surface area contributed by atoms with Crippen LogP contribution >= 0.6 is 0 Å². The van der Waals surface area contributed by atoms with Crippen LogP contribution < -0.4 is 5.32 Å². The van der Waals surface area contributed by atoms with E-state index in [0.717, 1.165) is 18.9 Å². The van der Waals surface area contributed by atoms with Crippen molar-refractivity contribution in [1.29, 1.82) is 0 Å². The Morgan fingerprint density at radius 1 is 1.32 bits per heavy atom. The van der Waals surface area contributed by atoms with Gasteiger partial charge in [-0.2, -0.15) is 0 Å². The van der Waals surface area contributed by atoms with Gasteiger partial charge in [-0.15, -0.1) is 0 Å². The Morgan fingerprint density at radius 3 is 2.53 bits per heavy atom. The van der Waals surface area contributed by atoms with Gasteiger partial charge < -0.3 is 15.5 Å². The Labute approximate surface area is 109 Å². The molecular weight excluding hydrogens is 256 g/mol. The highest BCUT2D eigenvalue weighted by molar-refractivity contribution is 5.88. The molecule has 0 radical (unpaired) electrons. The van der Waals surface area contributed by atoms with Crippen molar-refractivity contribution >= 4 is 11.7 Å². The van der Waals surface area contributed by atoms with E-state index in [9.17, 15) is 13.6 Å². The molecule has 1 fully saturated rings. The maximum atomic E-state index is 13.7. The zero-order valence-electron chi connectivity index (χ0n) is 10.2. The molecule has 0 atom stereocenters. The monoisotopic (exact) mass is 271 g/mol. The number of hydrogen-bond donors (Lipinski definition) is 3. The predicted octanol–water partition coefficient (Wildman–Crippen LogP) is 2.24. The van der Waals surface area contributed by atoms with Gasteiger partial charge in [0.25, 0.3) is 0 Å². The fourth-order valence-electron chi connectivity index (χ4n) is 2.06. The minimum absolute atomic E-state index is 0.0386. The number of aromatic carboxylic acids is 1. The van der Waals surface area contributed by atoms with Crippen LogP contribution in [-0.4, -0.2) is 29.3 Å². The molecule has 1 aliphatic carbocycles. The standard InChI is InChI=1S/C13H15F2NO3/c14-10-8(12(18)19)1-2-9(11(10)15)16-7-13(3-4-13)5-6-17/h1-2,16-17H,3-7H2,(H,18,19). The molecule has 0 saturated heterocycles. The molecule has 0 amide bonds. The molecule has 1 aromatic rings. The molecule has 104 valence electrons. The van der Waals surface area contributed by atoms with E-state index in [0.29, 0.717) is 13.0 Å². The lowest BCUT2D eigenvalue weighted by atomic mass is 10.0. The number of aliphatic hydroxyl groups is 1. The highest BCUT2D eigenvalue weighted by Crippen LogP contribution is 2.48. The van der Waals surface area contributed by atoms with E-state index in [1.54, 1.807) is 0 Å². The van der Waals surface area contributed by atoms with Gasteiger partial charge in [-0.1, -0.05) is 0 Å². The third-order valence-electron chi connectivity index (χ3n) is 3.57. The van der Waals surface area contributed by atoms with Gasteiger partial charge >= 0.3 is 5.97 Å². The van der Waals surface area contributed by atoms with Crippen LogP contribution in [0.3, 0.4) is 0 Å². The van der Waals surface area contributed by atoms with Gasteiger partial charge in [0.15, 0.2) is 11.6 Å². The molecule has 1 aromatic carbocycles. The Morgan fingerprint density at radius 2 is 2.00 bits per heavy atom. The van der Waals surface area contributed by atoms with Gasteiger partial charge in [0.2, 0.25) is 0 Å². The second-order valence-corrected chi connectivity index (χ2v) is 4.92. The SMILES string of the molecule is O=C(O)c1ccc(NCC2(CCO)CC2)c(F)c1F. The first-order valence-corrected chi connectivity index (χ1v) is 6.05. The van der Waals surface area contributed by atoms with Crippen molar-refractivity contribution in [2.75, 3.05) is 18.5 Å². The topological polar surface area (TPSA) is 69.6 Å². The van der Waals surface area contributed by atoms with Crippen molar-refractivity contribution in [3.8, 4) is 0 Å². The number of aliphatic hydroxyl groups excluding tert-OH is 1. The first-order chi connectivity index (χ1) is 8.99. The molecule has 0 unspecified atom stereocenters. The quantitative estimate of drug-likeness (QED) is 0.742. The van der Waals surface area contributed by atoms with Crippen molar-refractivity contribution in [2.24, 2.45) is 5.41 Å². The Kier molecular flexibility index (Phi) is 3.71. The van der Waals surface area contributed by atoms with Crippen molar-refractivity contribution in [3.63, 3.8) is 0 Å². The number of anilines is 1. The van der Waals surface area contributed by atoms with Crippen molar-refractivity contribution < 1.29 is 23.8 Å². The number of carbonyl (C=O) groups is 1. The Bertz CT molecular complexity index is 501. The van der Waals surface area contributed by atoms with Crippen molar-refractivity contribution in [1.82, 2.24) is 0 Å². The zero-order chi connectivity index (χ0) is 14.0. The molecule has 0 spiro atoms. The molecular formula is C13H15F2NO3. The van der Waals surface area contributed by atoms with E-state index in [1.165, 1.54) is 6.07 Å². The fraction of sp³-hybridized carbons (Fsp3) is 0.462. The molecule has 1 aliphatic rings. The number of hydrogen-bond acceptors (Lipinski definition) is 3. The fourth-order valence-corrected chi connectivity index (χ4v) is 2.06. The molecule has 1 saturated carbocycles. The molecule has 0 aromatic heterocycles. The molecule has 19 heavy (non-hydrogen) atoms. The van der Waals surface area contributed by atoms with Gasteiger partial charge in [0.1, 0.15) is 0 Å². The summed E-state index contributed by atoms with van der Waals surface area (Å²) in [5, 5.41) is 20.4. The first-order valence-electron chi connectivity index (χ1n) is 6.05. The number of halogens is 2. The Balaban J connectivity index is 2.09. The predicted molar refractivity (Wildman–Crippen MR) is 65.2 cm³/mol. The van der Waals surface area contributed by atoms with Crippen LogP contribution in [0.2, 0.25) is 0 Å². The number of carboxylic acids is 1. The lowest BCUT2D eigenvalue weighted by Crippen LogP contribution is -2.18. The lowest BCUT2D eigenvalue weighted by molar-refractivity contribution is 0.0690. The maximum absolute atomic E-state index is 13.7. The number of rotatable bonds is 6. The molecule has 4 nitrogen and oxygen atoms in total. The van der Waals surface area contributed by atoms with Crippen LogP contribution in [0, 0.1) is 17.0 Å². The summed E-state index contributed by atoms with van der Waals surface area (Å²) in [6, 6.07) is 2.26. The van der Waals surface area contributed by atoms with E-state index in [1.807, 2.05) is 0 Å². The molecule has 0 aliphatic heterocycles. The smallest absolute Gasteiger partial charge is 0.338 e. The highest BCUT2D eigenvalue weighted by atomic mass is 19.2. The van der Waals surface area contributed by atoms with Gasteiger partial charge in [0.05, 0.1) is 11.3 Å². The largest absolute Gasteiger partial charge is 0.478 e. The highest BCUT2D eigenvalue weighted by Gasteiger charge is 2.41. The van der Waals surface area contributed by atoms with Crippen LogP contribution in [0.25, 0.3) is 0 Å². The van der Waals surface area contributed by atoms with Gasteiger partial charge in [-0.05, 0) is 36.8 Å². The van der Waals surface area contributed by atoms with E-state index >= 15 is 0 Å².